The maximum absolute atomic E-state index is 12.9. The number of benzene rings is 2. The van der Waals surface area contributed by atoms with Crippen LogP contribution >= 0.6 is 11.3 Å². The minimum atomic E-state index is -3.74. The molecular formula is C20H19NO3S2. The van der Waals surface area contributed by atoms with Gasteiger partial charge < -0.3 is 0 Å². The van der Waals surface area contributed by atoms with E-state index in [2.05, 4.69) is 4.72 Å². The van der Waals surface area contributed by atoms with E-state index in [1.165, 1.54) is 42.5 Å². The molecule has 1 heterocycles. The lowest BCUT2D eigenvalue weighted by atomic mass is 10.0. The summed E-state index contributed by atoms with van der Waals surface area (Å²) in [6, 6.07) is 17.1. The van der Waals surface area contributed by atoms with Crippen LogP contribution in [-0.2, 0) is 10.0 Å². The summed E-state index contributed by atoms with van der Waals surface area (Å²) >= 11 is 1.50. The van der Waals surface area contributed by atoms with E-state index in [4.69, 9.17) is 0 Å². The van der Waals surface area contributed by atoms with Crippen molar-refractivity contribution in [3.63, 3.8) is 0 Å². The molecule has 0 fully saturated rings. The van der Waals surface area contributed by atoms with Gasteiger partial charge in [0.2, 0.25) is 10.0 Å². The van der Waals surface area contributed by atoms with Crippen molar-refractivity contribution in [1.82, 2.24) is 4.72 Å². The molecule has 2 aromatic carbocycles. The van der Waals surface area contributed by atoms with Gasteiger partial charge >= 0.3 is 0 Å². The minimum absolute atomic E-state index is 0.0991. The van der Waals surface area contributed by atoms with Gasteiger partial charge in [0.1, 0.15) is 0 Å². The van der Waals surface area contributed by atoms with Gasteiger partial charge in [-0.15, -0.1) is 11.3 Å². The molecule has 0 bridgehead atoms. The lowest BCUT2D eigenvalue weighted by Gasteiger charge is -2.18. The zero-order chi connectivity index (χ0) is 18.7. The molecular weight excluding hydrogens is 366 g/mol. The van der Waals surface area contributed by atoms with Crippen LogP contribution in [0.1, 0.15) is 39.3 Å². The van der Waals surface area contributed by atoms with Crippen molar-refractivity contribution in [2.24, 2.45) is 0 Å². The normalized spacial score (nSPS) is 12.7. The average molecular weight is 386 g/mol. The first-order valence-corrected chi connectivity index (χ1v) is 10.5. The van der Waals surface area contributed by atoms with Gasteiger partial charge in [0.05, 0.1) is 10.9 Å². The van der Waals surface area contributed by atoms with E-state index in [9.17, 15) is 13.2 Å². The van der Waals surface area contributed by atoms with Crippen LogP contribution in [-0.4, -0.2) is 14.2 Å². The Bertz CT molecular complexity index is 990. The molecule has 0 saturated carbocycles. The number of ketones is 1. The number of thiophene rings is 1. The molecule has 3 aromatic rings. The fourth-order valence-corrected chi connectivity index (χ4v) is 4.68. The highest BCUT2D eigenvalue weighted by Gasteiger charge is 2.23. The summed E-state index contributed by atoms with van der Waals surface area (Å²) in [6.07, 6.45) is 0. The predicted octanol–water partition coefficient (Wildman–Crippen LogP) is 4.33. The van der Waals surface area contributed by atoms with Gasteiger partial charge in [0.15, 0.2) is 5.78 Å². The third-order valence-electron chi connectivity index (χ3n) is 4.08. The number of carbonyl (C=O) groups is 1. The lowest BCUT2D eigenvalue weighted by Crippen LogP contribution is -2.29. The predicted molar refractivity (Wildman–Crippen MR) is 104 cm³/mol. The van der Waals surface area contributed by atoms with Gasteiger partial charge in [0.25, 0.3) is 0 Å². The monoisotopic (exact) mass is 385 g/mol. The third kappa shape index (κ3) is 4.09. The van der Waals surface area contributed by atoms with Crippen LogP contribution in [0.4, 0.5) is 0 Å². The molecule has 0 amide bonds. The molecule has 26 heavy (non-hydrogen) atoms. The zero-order valence-corrected chi connectivity index (χ0v) is 16.1. The van der Waals surface area contributed by atoms with E-state index in [-0.39, 0.29) is 10.7 Å². The molecule has 6 heteroatoms. The molecule has 1 aromatic heterocycles. The molecule has 4 nitrogen and oxygen atoms in total. The van der Waals surface area contributed by atoms with Gasteiger partial charge in [-0.2, -0.15) is 4.72 Å². The standard InChI is InChI=1S/C20H19NO3S2/c1-14-5-7-17(8-6-14)20(19-4-3-13-25-19)21-26(23,24)18-11-9-16(10-12-18)15(2)22/h3-13,20-21H,1-2H3/t20-/m1/s1. The van der Waals surface area contributed by atoms with E-state index in [1.807, 2.05) is 48.7 Å². The summed E-state index contributed by atoms with van der Waals surface area (Å²) in [6.45, 7) is 3.44. The average Bonchev–Trinajstić information content (AvgIpc) is 3.15. The van der Waals surface area contributed by atoms with Gasteiger partial charge in [0, 0.05) is 10.4 Å². The van der Waals surface area contributed by atoms with Crippen molar-refractivity contribution in [2.45, 2.75) is 24.8 Å². The van der Waals surface area contributed by atoms with Crippen molar-refractivity contribution in [2.75, 3.05) is 0 Å². The van der Waals surface area contributed by atoms with Crippen LogP contribution in [0.15, 0.2) is 70.9 Å². The van der Waals surface area contributed by atoms with Crippen LogP contribution in [0, 0.1) is 6.92 Å². The molecule has 0 radical (unpaired) electrons. The first-order valence-electron chi connectivity index (χ1n) is 8.10. The Morgan fingerprint density at radius 1 is 1.00 bits per heavy atom. The number of carbonyl (C=O) groups excluding carboxylic acids is 1. The van der Waals surface area contributed by atoms with Crippen LogP contribution in [0.3, 0.4) is 0 Å². The van der Waals surface area contributed by atoms with Crippen LogP contribution in [0.2, 0.25) is 0 Å². The molecule has 0 aliphatic carbocycles. The Morgan fingerprint density at radius 3 is 2.19 bits per heavy atom. The highest BCUT2D eigenvalue weighted by Crippen LogP contribution is 2.28. The second kappa shape index (κ2) is 7.53. The van der Waals surface area contributed by atoms with E-state index >= 15 is 0 Å². The summed E-state index contributed by atoms with van der Waals surface area (Å²) in [5.74, 6) is -0.0991. The topological polar surface area (TPSA) is 63.2 Å². The number of rotatable bonds is 6. The number of sulfonamides is 1. The quantitative estimate of drug-likeness (QED) is 0.643. The second-order valence-corrected chi connectivity index (χ2v) is 8.75. The molecule has 0 aliphatic heterocycles. The maximum atomic E-state index is 12.9. The van der Waals surface area contributed by atoms with Gasteiger partial charge in [-0.3, -0.25) is 4.79 Å². The van der Waals surface area contributed by atoms with Crippen molar-refractivity contribution < 1.29 is 13.2 Å². The number of aryl methyl sites for hydroxylation is 1. The van der Waals surface area contributed by atoms with Crippen molar-refractivity contribution >= 4 is 27.1 Å². The van der Waals surface area contributed by atoms with Gasteiger partial charge in [-0.1, -0.05) is 48.0 Å². The molecule has 3 rings (SSSR count). The minimum Gasteiger partial charge on any atom is -0.295 e. The number of hydrogen-bond donors (Lipinski definition) is 1. The zero-order valence-electron chi connectivity index (χ0n) is 14.5. The number of nitrogens with one attached hydrogen (secondary N) is 1. The Hall–Kier alpha value is -2.28. The van der Waals surface area contributed by atoms with E-state index < -0.39 is 16.1 Å². The van der Waals surface area contributed by atoms with Crippen LogP contribution in [0.25, 0.3) is 0 Å². The van der Waals surface area contributed by atoms with Gasteiger partial charge in [-0.25, -0.2) is 8.42 Å². The molecule has 1 N–H and O–H groups in total. The van der Waals surface area contributed by atoms with Crippen molar-refractivity contribution in [3.05, 3.63) is 87.6 Å². The smallest absolute Gasteiger partial charge is 0.241 e. The summed E-state index contributed by atoms with van der Waals surface area (Å²) in [5.41, 5.74) is 2.47. The summed E-state index contributed by atoms with van der Waals surface area (Å²) in [5, 5.41) is 1.92. The van der Waals surface area contributed by atoms with Gasteiger partial charge in [-0.05, 0) is 43.0 Å². The van der Waals surface area contributed by atoms with Crippen LogP contribution < -0.4 is 4.72 Å². The highest BCUT2D eigenvalue weighted by molar-refractivity contribution is 7.89. The molecule has 0 unspecified atom stereocenters. The first-order chi connectivity index (χ1) is 12.4. The number of hydrogen-bond acceptors (Lipinski definition) is 4. The second-order valence-electron chi connectivity index (χ2n) is 6.06. The van der Waals surface area contributed by atoms with E-state index in [0.29, 0.717) is 5.56 Å². The number of Topliss-reactive ketones (excluding diaryl/α,β-unsaturated/α-hetero) is 1. The third-order valence-corrected chi connectivity index (χ3v) is 6.46. The molecule has 0 saturated heterocycles. The Labute approximate surface area is 157 Å². The van der Waals surface area contributed by atoms with E-state index in [1.54, 1.807) is 0 Å². The summed E-state index contributed by atoms with van der Waals surface area (Å²) < 4.78 is 28.5. The first kappa shape index (κ1) is 18.5. The molecule has 1 atom stereocenters. The Morgan fingerprint density at radius 2 is 1.65 bits per heavy atom. The molecule has 134 valence electrons. The molecule has 0 aliphatic rings. The summed E-state index contributed by atoms with van der Waals surface area (Å²) in [7, 11) is -3.74. The maximum Gasteiger partial charge on any atom is 0.241 e. The Balaban J connectivity index is 1.95. The highest BCUT2D eigenvalue weighted by atomic mass is 32.2. The van der Waals surface area contributed by atoms with Crippen molar-refractivity contribution in [1.29, 1.82) is 0 Å². The summed E-state index contributed by atoms with van der Waals surface area (Å²) in [4.78, 5) is 12.4. The lowest BCUT2D eigenvalue weighted by molar-refractivity contribution is 0.101. The molecule has 0 spiro atoms. The fourth-order valence-electron chi connectivity index (χ4n) is 2.60. The van der Waals surface area contributed by atoms with E-state index in [0.717, 1.165) is 16.0 Å². The SMILES string of the molecule is CC(=O)c1ccc(S(=O)(=O)N[C@H](c2ccc(C)cc2)c2cccs2)cc1. The Kier molecular flexibility index (Phi) is 5.36. The fraction of sp³-hybridized carbons (Fsp3) is 0.150. The largest absolute Gasteiger partial charge is 0.295 e. The van der Waals surface area contributed by atoms with Crippen molar-refractivity contribution in [3.8, 4) is 0 Å². The van der Waals surface area contributed by atoms with Crippen LogP contribution in [0.5, 0.6) is 0 Å².